The van der Waals surface area contributed by atoms with E-state index in [9.17, 15) is 0 Å². The Kier molecular flexibility index (Phi) is 5.02. The lowest BCUT2D eigenvalue weighted by atomic mass is 10.2. The fraction of sp³-hybridized carbons (Fsp3) is 0.667. The average molecular weight is 222 g/mol. The van der Waals surface area contributed by atoms with Crippen molar-refractivity contribution < 1.29 is 0 Å². The summed E-state index contributed by atoms with van der Waals surface area (Å²) in [7, 11) is 2.05. The molecular weight excluding hydrogens is 200 g/mol. The number of unbranched alkanes of at least 4 members (excludes halogenated alkanes) is 2. The molecule has 4 heteroatoms. The normalized spacial score (nSPS) is 10.4. The molecule has 0 aliphatic heterocycles. The van der Waals surface area contributed by atoms with Gasteiger partial charge in [-0.05, 0) is 6.42 Å². The lowest BCUT2D eigenvalue weighted by Gasteiger charge is -2.18. The fourth-order valence-electron chi connectivity index (χ4n) is 1.57. The summed E-state index contributed by atoms with van der Waals surface area (Å²) in [6.45, 7) is 5.26. The molecule has 16 heavy (non-hydrogen) atoms. The number of hydrogen-bond acceptors (Lipinski definition) is 4. The van der Waals surface area contributed by atoms with Crippen LogP contribution in [-0.4, -0.2) is 23.6 Å². The third kappa shape index (κ3) is 3.68. The first-order valence-electron chi connectivity index (χ1n) is 6.02. The predicted molar refractivity (Wildman–Crippen MR) is 68.6 cm³/mol. The van der Waals surface area contributed by atoms with Crippen LogP contribution in [0.2, 0.25) is 0 Å². The maximum Gasteiger partial charge on any atom is 0.134 e. The highest BCUT2D eigenvalue weighted by Crippen LogP contribution is 2.13. The Morgan fingerprint density at radius 2 is 2.00 bits per heavy atom. The van der Waals surface area contributed by atoms with Crippen molar-refractivity contribution in [3.05, 3.63) is 11.9 Å². The summed E-state index contributed by atoms with van der Waals surface area (Å²) in [6.07, 6.45) is 4.50. The van der Waals surface area contributed by atoms with Gasteiger partial charge in [0.15, 0.2) is 0 Å². The Bertz CT molecular complexity index is 325. The van der Waals surface area contributed by atoms with E-state index in [-0.39, 0.29) is 0 Å². The van der Waals surface area contributed by atoms with Gasteiger partial charge in [-0.25, -0.2) is 9.97 Å². The number of aromatic nitrogens is 2. The van der Waals surface area contributed by atoms with Gasteiger partial charge in [0.1, 0.15) is 17.5 Å². The minimum absolute atomic E-state index is 0.559. The van der Waals surface area contributed by atoms with Gasteiger partial charge in [0.25, 0.3) is 0 Å². The topological polar surface area (TPSA) is 55.0 Å². The number of nitrogens with zero attached hydrogens (tertiary/aromatic N) is 3. The summed E-state index contributed by atoms with van der Waals surface area (Å²) in [5.74, 6) is 2.31. The van der Waals surface area contributed by atoms with Crippen LogP contribution in [0, 0.1) is 0 Å². The fourth-order valence-corrected chi connectivity index (χ4v) is 1.57. The Balaban J connectivity index is 2.66. The summed E-state index contributed by atoms with van der Waals surface area (Å²) in [5, 5.41) is 0. The van der Waals surface area contributed by atoms with Crippen LogP contribution in [0.4, 0.5) is 11.6 Å². The molecule has 0 bridgehead atoms. The van der Waals surface area contributed by atoms with E-state index in [0.29, 0.717) is 5.82 Å². The first-order valence-corrected chi connectivity index (χ1v) is 6.02. The van der Waals surface area contributed by atoms with E-state index in [1.165, 1.54) is 19.3 Å². The molecule has 0 spiro atoms. The summed E-state index contributed by atoms with van der Waals surface area (Å²) in [5.41, 5.74) is 5.75. The molecule has 1 aromatic heterocycles. The lowest BCUT2D eigenvalue weighted by molar-refractivity contribution is 0.699. The molecule has 0 fully saturated rings. The molecular formula is C12H22N4. The molecule has 90 valence electrons. The molecule has 0 aromatic carbocycles. The van der Waals surface area contributed by atoms with Crippen molar-refractivity contribution in [1.29, 1.82) is 0 Å². The second kappa shape index (κ2) is 6.30. The highest BCUT2D eigenvalue weighted by Gasteiger charge is 2.05. The smallest absolute Gasteiger partial charge is 0.134 e. The first kappa shape index (κ1) is 12.7. The lowest BCUT2D eigenvalue weighted by Crippen LogP contribution is -2.20. The predicted octanol–water partition coefficient (Wildman–Crippen LogP) is 2.25. The van der Waals surface area contributed by atoms with E-state index >= 15 is 0 Å². The number of hydrogen-bond donors (Lipinski definition) is 1. The van der Waals surface area contributed by atoms with Crippen LogP contribution in [0.5, 0.6) is 0 Å². The molecule has 1 heterocycles. The molecule has 0 unspecified atom stereocenters. The van der Waals surface area contributed by atoms with Gasteiger partial charge in [0.2, 0.25) is 0 Å². The van der Waals surface area contributed by atoms with E-state index in [1.807, 2.05) is 13.0 Å². The zero-order chi connectivity index (χ0) is 12.0. The maximum absolute atomic E-state index is 5.75. The largest absolute Gasteiger partial charge is 0.384 e. The standard InChI is InChI=1S/C12H22N4/c1-4-6-7-8-16(3)12-9-10(13)14-11(5-2)15-12/h9H,4-8H2,1-3H3,(H2,13,14,15). The van der Waals surface area contributed by atoms with Crippen molar-refractivity contribution in [3.8, 4) is 0 Å². The second-order valence-corrected chi connectivity index (χ2v) is 4.05. The minimum Gasteiger partial charge on any atom is -0.384 e. The molecule has 0 aliphatic carbocycles. The molecule has 2 N–H and O–H groups in total. The first-order chi connectivity index (χ1) is 7.67. The van der Waals surface area contributed by atoms with Crippen molar-refractivity contribution in [2.45, 2.75) is 39.5 Å². The van der Waals surface area contributed by atoms with Crippen molar-refractivity contribution in [1.82, 2.24) is 9.97 Å². The third-order valence-corrected chi connectivity index (χ3v) is 2.58. The van der Waals surface area contributed by atoms with E-state index in [4.69, 9.17) is 5.73 Å². The molecule has 1 aromatic rings. The van der Waals surface area contributed by atoms with Crippen LogP contribution >= 0.6 is 0 Å². The zero-order valence-corrected chi connectivity index (χ0v) is 10.5. The van der Waals surface area contributed by atoms with E-state index in [2.05, 4.69) is 28.8 Å². The summed E-state index contributed by atoms with van der Waals surface area (Å²) in [4.78, 5) is 10.8. The van der Waals surface area contributed by atoms with Gasteiger partial charge in [-0.2, -0.15) is 0 Å². The minimum atomic E-state index is 0.559. The number of nitrogens with two attached hydrogens (primary N) is 1. The monoisotopic (exact) mass is 222 g/mol. The molecule has 0 aliphatic rings. The SMILES string of the molecule is CCCCCN(C)c1cc(N)nc(CC)n1. The van der Waals surface area contributed by atoms with Gasteiger partial charge in [-0.15, -0.1) is 0 Å². The van der Waals surface area contributed by atoms with Gasteiger partial charge < -0.3 is 10.6 Å². The van der Waals surface area contributed by atoms with Crippen LogP contribution < -0.4 is 10.6 Å². The molecule has 1 rings (SSSR count). The molecule has 0 saturated heterocycles. The van der Waals surface area contributed by atoms with Crippen LogP contribution in [-0.2, 0) is 6.42 Å². The summed E-state index contributed by atoms with van der Waals surface area (Å²) in [6, 6.07) is 1.84. The van der Waals surface area contributed by atoms with Gasteiger partial charge in [0, 0.05) is 26.1 Å². The van der Waals surface area contributed by atoms with Crippen molar-refractivity contribution >= 4 is 11.6 Å². The Morgan fingerprint density at radius 1 is 1.25 bits per heavy atom. The number of nitrogen functional groups attached to an aromatic ring is 1. The number of anilines is 2. The van der Waals surface area contributed by atoms with Gasteiger partial charge in [-0.1, -0.05) is 26.7 Å². The third-order valence-electron chi connectivity index (χ3n) is 2.58. The van der Waals surface area contributed by atoms with Crippen LogP contribution in [0.15, 0.2) is 6.07 Å². The Labute approximate surface area is 97.9 Å². The van der Waals surface area contributed by atoms with E-state index in [0.717, 1.165) is 24.6 Å². The van der Waals surface area contributed by atoms with Crippen molar-refractivity contribution in [2.24, 2.45) is 0 Å². The van der Waals surface area contributed by atoms with Gasteiger partial charge >= 0.3 is 0 Å². The quantitative estimate of drug-likeness (QED) is 0.750. The van der Waals surface area contributed by atoms with E-state index < -0.39 is 0 Å². The van der Waals surface area contributed by atoms with Gasteiger partial charge in [0.05, 0.1) is 0 Å². The molecule has 0 amide bonds. The maximum atomic E-state index is 5.75. The Hall–Kier alpha value is -1.32. The highest BCUT2D eigenvalue weighted by atomic mass is 15.2. The molecule has 0 atom stereocenters. The molecule has 0 saturated carbocycles. The van der Waals surface area contributed by atoms with Crippen molar-refractivity contribution in [3.63, 3.8) is 0 Å². The zero-order valence-electron chi connectivity index (χ0n) is 10.5. The molecule has 0 radical (unpaired) electrons. The summed E-state index contributed by atoms with van der Waals surface area (Å²) >= 11 is 0. The number of rotatable bonds is 6. The average Bonchev–Trinajstić information content (AvgIpc) is 2.28. The molecule has 4 nitrogen and oxygen atoms in total. The van der Waals surface area contributed by atoms with E-state index in [1.54, 1.807) is 0 Å². The van der Waals surface area contributed by atoms with Crippen molar-refractivity contribution in [2.75, 3.05) is 24.2 Å². The second-order valence-electron chi connectivity index (χ2n) is 4.05. The van der Waals surface area contributed by atoms with Crippen LogP contribution in [0.3, 0.4) is 0 Å². The highest BCUT2D eigenvalue weighted by molar-refractivity contribution is 5.46. The van der Waals surface area contributed by atoms with Crippen LogP contribution in [0.1, 0.15) is 38.9 Å². The number of aryl methyl sites for hydroxylation is 1. The summed E-state index contributed by atoms with van der Waals surface area (Å²) < 4.78 is 0. The van der Waals surface area contributed by atoms with Crippen LogP contribution in [0.25, 0.3) is 0 Å². The van der Waals surface area contributed by atoms with Gasteiger partial charge in [-0.3, -0.25) is 0 Å². The Morgan fingerprint density at radius 3 is 2.62 bits per heavy atom.